The van der Waals surface area contributed by atoms with Crippen molar-refractivity contribution in [1.82, 2.24) is 14.3 Å². The van der Waals surface area contributed by atoms with Crippen LogP contribution in [0.5, 0.6) is 5.75 Å². The Kier molecular flexibility index (Phi) is 5.68. The Labute approximate surface area is 150 Å². The minimum absolute atomic E-state index is 0.0933. The van der Waals surface area contributed by atoms with Crippen molar-refractivity contribution in [3.63, 3.8) is 0 Å². The second kappa shape index (κ2) is 7.61. The van der Waals surface area contributed by atoms with E-state index >= 15 is 0 Å². The highest BCUT2D eigenvalue weighted by atomic mass is 32.2. The molecule has 0 unspecified atom stereocenters. The van der Waals surface area contributed by atoms with Gasteiger partial charge in [-0.15, -0.1) is 0 Å². The Bertz CT molecular complexity index is 708. The van der Waals surface area contributed by atoms with Gasteiger partial charge < -0.3 is 5.11 Å². The Hall–Kier alpha value is -1.15. The van der Waals surface area contributed by atoms with Crippen molar-refractivity contribution in [1.29, 1.82) is 0 Å². The van der Waals surface area contributed by atoms with Gasteiger partial charge in [0.25, 0.3) is 10.2 Å². The molecule has 1 aromatic rings. The van der Waals surface area contributed by atoms with E-state index in [-0.39, 0.29) is 6.04 Å². The molecule has 0 radical (unpaired) electrons. The molecule has 1 heterocycles. The Balaban J connectivity index is 1.81. The quantitative estimate of drug-likeness (QED) is 0.710. The van der Waals surface area contributed by atoms with Crippen molar-refractivity contribution in [2.75, 3.05) is 19.6 Å². The van der Waals surface area contributed by atoms with E-state index in [1.807, 2.05) is 6.07 Å². The maximum atomic E-state index is 12.1. The number of phenolic OH excluding ortho intramolecular Hbond substituents is 1. The molecule has 0 saturated carbocycles. The van der Waals surface area contributed by atoms with Gasteiger partial charge in [-0.2, -0.15) is 13.1 Å². The number of fused-ring (bicyclic) bond motifs is 2. The summed E-state index contributed by atoms with van der Waals surface area (Å²) in [6.45, 7) is 6.03. The van der Waals surface area contributed by atoms with Crippen molar-refractivity contribution >= 4 is 10.2 Å². The van der Waals surface area contributed by atoms with Gasteiger partial charge in [-0.05, 0) is 55.3 Å². The van der Waals surface area contributed by atoms with Gasteiger partial charge in [0.15, 0.2) is 0 Å². The molecule has 1 saturated heterocycles. The Morgan fingerprint density at radius 1 is 1.28 bits per heavy atom. The predicted molar refractivity (Wildman–Crippen MR) is 98.8 cm³/mol. The predicted octanol–water partition coefficient (Wildman–Crippen LogP) is 1.40. The highest BCUT2D eigenvalue weighted by Crippen LogP contribution is 2.38. The smallest absolute Gasteiger partial charge is 0.277 e. The van der Waals surface area contributed by atoms with Crippen LogP contribution in [0, 0.1) is 5.92 Å². The van der Waals surface area contributed by atoms with E-state index in [4.69, 9.17) is 0 Å². The third kappa shape index (κ3) is 4.16. The normalized spacial score (nSPS) is 26.9. The van der Waals surface area contributed by atoms with Crippen LogP contribution in [0.15, 0.2) is 18.2 Å². The second-order valence-electron chi connectivity index (χ2n) is 7.20. The molecule has 0 amide bonds. The average molecular weight is 368 g/mol. The summed E-state index contributed by atoms with van der Waals surface area (Å²) < 4.78 is 29.5. The number of phenols is 1. The summed E-state index contributed by atoms with van der Waals surface area (Å²) in [6.07, 6.45) is 3.60. The van der Waals surface area contributed by atoms with Gasteiger partial charge in [-0.1, -0.05) is 26.0 Å². The van der Waals surface area contributed by atoms with Crippen LogP contribution >= 0.6 is 0 Å². The molecule has 2 aliphatic rings. The SMILES string of the molecule is CCCN1C[C@@H](NS(=O)(=O)NCC)C[C@@H]2Cc3c(O)cccc3C[C@H]21. The van der Waals surface area contributed by atoms with E-state index in [1.165, 1.54) is 5.56 Å². The standard InChI is InChI=1S/C18H29N3O3S/c1-3-8-21-12-15(20-25(23,24)19-4-2)9-14-10-16-13(11-17(14)21)6-5-7-18(16)22/h5-7,14-15,17,19-20,22H,3-4,8-12H2,1-2H3/t14-,15+,17-/m1/s1. The van der Waals surface area contributed by atoms with Crippen LogP contribution in [0.3, 0.4) is 0 Å². The fourth-order valence-corrected chi connectivity index (χ4v) is 5.52. The van der Waals surface area contributed by atoms with Gasteiger partial charge in [0.1, 0.15) is 5.75 Å². The van der Waals surface area contributed by atoms with E-state index in [1.54, 1.807) is 13.0 Å². The van der Waals surface area contributed by atoms with Gasteiger partial charge in [0, 0.05) is 25.2 Å². The summed E-state index contributed by atoms with van der Waals surface area (Å²) in [5, 5.41) is 10.2. The van der Waals surface area contributed by atoms with Crippen molar-refractivity contribution in [2.24, 2.45) is 5.92 Å². The molecule has 3 atom stereocenters. The largest absolute Gasteiger partial charge is 0.508 e. The minimum Gasteiger partial charge on any atom is -0.508 e. The van der Waals surface area contributed by atoms with Crippen LogP contribution in [0.25, 0.3) is 0 Å². The van der Waals surface area contributed by atoms with Crippen molar-refractivity contribution in [3.05, 3.63) is 29.3 Å². The lowest BCUT2D eigenvalue weighted by atomic mass is 9.74. The van der Waals surface area contributed by atoms with E-state index in [9.17, 15) is 13.5 Å². The fraction of sp³-hybridized carbons (Fsp3) is 0.667. The van der Waals surface area contributed by atoms with Gasteiger partial charge in [-0.25, -0.2) is 4.72 Å². The zero-order valence-electron chi connectivity index (χ0n) is 15.0. The number of nitrogens with zero attached hydrogens (tertiary/aromatic N) is 1. The first-order chi connectivity index (χ1) is 11.9. The molecule has 0 bridgehead atoms. The van der Waals surface area contributed by atoms with Crippen molar-refractivity contribution < 1.29 is 13.5 Å². The van der Waals surface area contributed by atoms with E-state index in [0.717, 1.165) is 44.3 Å². The summed E-state index contributed by atoms with van der Waals surface area (Å²) in [5.41, 5.74) is 2.27. The average Bonchev–Trinajstić information content (AvgIpc) is 2.54. The lowest BCUT2D eigenvalue weighted by Gasteiger charge is -2.47. The lowest BCUT2D eigenvalue weighted by Crippen LogP contribution is -2.59. The highest BCUT2D eigenvalue weighted by molar-refractivity contribution is 7.87. The molecule has 1 aliphatic heterocycles. The summed E-state index contributed by atoms with van der Waals surface area (Å²) >= 11 is 0. The monoisotopic (exact) mass is 367 g/mol. The number of benzene rings is 1. The van der Waals surface area contributed by atoms with Crippen LogP contribution < -0.4 is 9.44 Å². The van der Waals surface area contributed by atoms with Crippen LogP contribution in [-0.2, 0) is 23.1 Å². The molecular formula is C18H29N3O3S. The maximum Gasteiger partial charge on any atom is 0.277 e. The van der Waals surface area contributed by atoms with Gasteiger partial charge in [0.05, 0.1) is 0 Å². The molecule has 3 N–H and O–H groups in total. The molecule has 0 spiro atoms. The van der Waals surface area contributed by atoms with E-state index in [2.05, 4.69) is 27.3 Å². The number of nitrogens with one attached hydrogen (secondary N) is 2. The first-order valence-electron chi connectivity index (χ1n) is 9.24. The Morgan fingerprint density at radius 2 is 2.08 bits per heavy atom. The molecule has 25 heavy (non-hydrogen) atoms. The topological polar surface area (TPSA) is 81.7 Å². The summed E-state index contributed by atoms with van der Waals surface area (Å²) in [4.78, 5) is 2.43. The molecule has 0 aromatic heterocycles. The van der Waals surface area contributed by atoms with Gasteiger partial charge >= 0.3 is 0 Å². The number of likely N-dealkylation sites (tertiary alicyclic amines) is 1. The number of hydrogen-bond acceptors (Lipinski definition) is 4. The fourth-order valence-electron chi connectivity index (χ4n) is 4.45. The first kappa shape index (κ1) is 18.6. The third-order valence-corrected chi connectivity index (χ3v) is 6.68. The molecule has 3 rings (SSSR count). The lowest BCUT2D eigenvalue weighted by molar-refractivity contribution is 0.0682. The van der Waals surface area contributed by atoms with E-state index < -0.39 is 10.2 Å². The van der Waals surface area contributed by atoms with Gasteiger partial charge in [0.2, 0.25) is 0 Å². The summed E-state index contributed by atoms with van der Waals surface area (Å²) in [5.74, 6) is 0.726. The number of hydrogen-bond donors (Lipinski definition) is 3. The molecule has 1 fully saturated rings. The number of rotatable bonds is 6. The molecule has 6 nitrogen and oxygen atoms in total. The van der Waals surface area contributed by atoms with Crippen molar-refractivity contribution in [3.8, 4) is 5.75 Å². The highest BCUT2D eigenvalue weighted by Gasteiger charge is 2.40. The van der Waals surface area contributed by atoms with E-state index in [0.29, 0.717) is 24.3 Å². The van der Waals surface area contributed by atoms with Gasteiger partial charge in [-0.3, -0.25) is 4.90 Å². The number of aromatic hydroxyl groups is 1. The molecule has 1 aromatic carbocycles. The molecule has 7 heteroatoms. The van der Waals surface area contributed by atoms with Crippen LogP contribution in [0.2, 0.25) is 0 Å². The molecule has 140 valence electrons. The van der Waals surface area contributed by atoms with Crippen LogP contribution in [0.1, 0.15) is 37.8 Å². The van der Waals surface area contributed by atoms with Crippen LogP contribution in [0.4, 0.5) is 0 Å². The van der Waals surface area contributed by atoms with Crippen LogP contribution in [-0.4, -0.2) is 50.1 Å². The zero-order chi connectivity index (χ0) is 18.0. The summed E-state index contributed by atoms with van der Waals surface area (Å²) in [7, 11) is -3.45. The minimum atomic E-state index is -3.45. The first-order valence-corrected chi connectivity index (χ1v) is 10.7. The second-order valence-corrected chi connectivity index (χ2v) is 8.73. The maximum absolute atomic E-state index is 12.1. The molecular weight excluding hydrogens is 338 g/mol. The van der Waals surface area contributed by atoms with Crippen molar-refractivity contribution in [2.45, 2.75) is 51.6 Å². The summed E-state index contributed by atoms with van der Waals surface area (Å²) in [6, 6.07) is 6.10. The Morgan fingerprint density at radius 3 is 2.80 bits per heavy atom. The third-order valence-electron chi connectivity index (χ3n) is 5.37. The molecule has 1 aliphatic carbocycles. The zero-order valence-corrected chi connectivity index (χ0v) is 15.8. The number of piperidine rings is 1.